The van der Waals surface area contributed by atoms with Crippen LogP contribution in [0.2, 0.25) is 0 Å². The van der Waals surface area contributed by atoms with Gasteiger partial charge in [0.15, 0.2) is 0 Å². The zero-order valence-corrected chi connectivity index (χ0v) is 6.08. The van der Waals surface area contributed by atoms with Crippen molar-refractivity contribution in [3.63, 3.8) is 0 Å². The molecule has 0 aliphatic rings. The molecule has 0 aromatic carbocycles. The van der Waals surface area contributed by atoms with Gasteiger partial charge in [0, 0.05) is 6.92 Å². The molecule has 46 valence electrons. The summed E-state index contributed by atoms with van der Waals surface area (Å²) in [5, 5.41) is 1.93. The Labute approximate surface area is 54.6 Å². The van der Waals surface area contributed by atoms with Gasteiger partial charge in [0.05, 0.1) is 5.16 Å². The third kappa shape index (κ3) is 17.9. The molecule has 0 heterocycles. The number of nitrogens with zero attached hydrogens (tertiary/aromatic N) is 1. The van der Waals surface area contributed by atoms with E-state index in [0.29, 0.717) is 0 Å². The van der Waals surface area contributed by atoms with Gasteiger partial charge in [0.2, 0.25) is 0 Å². The van der Waals surface area contributed by atoms with Crippen molar-refractivity contribution in [2.75, 3.05) is 0 Å². The van der Waals surface area contributed by atoms with Crippen molar-refractivity contribution >= 4 is 23.3 Å². The molecule has 1 amide bonds. The summed E-state index contributed by atoms with van der Waals surface area (Å²) in [7, 11) is 0. The third-order valence-electron chi connectivity index (χ3n) is 0.203. The van der Waals surface area contributed by atoms with Crippen molar-refractivity contribution in [3.8, 4) is 0 Å². The van der Waals surface area contributed by atoms with Gasteiger partial charge in [-0.15, -0.1) is 0 Å². The minimum atomic E-state index is -0.301. The molecule has 0 fully saturated rings. The SMILES string of the molecule is CC.CC(=O)N=C=S. The molecule has 3 heteroatoms. The molecule has 0 aromatic heterocycles. The highest BCUT2D eigenvalue weighted by Gasteiger charge is 1.74. The van der Waals surface area contributed by atoms with Gasteiger partial charge in [0.1, 0.15) is 0 Å². The number of rotatable bonds is 0. The summed E-state index contributed by atoms with van der Waals surface area (Å²) in [6, 6.07) is 0. The Morgan fingerprint density at radius 3 is 2.00 bits per heavy atom. The molecule has 0 spiro atoms. The number of carbonyl (C=O) groups is 1. The molecular formula is C5H9NOS. The van der Waals surface area contributed by atoms with Gasteiger partial charge in [-0.25, -0.2) is 0 Å². The highest BCUT2D eigenvalue weighted by atomic mass is 32.1. The Morgan fingerprint density at radius 1 is 1.62 bits per heavy atom. The van der Waals surface area contributed by atoms with Crippen LogP contribution in [0, 0.1) is 0 Å². The number of hydrogen-bond acceptors (Lipinski definition) is 2. The fourth-order valence-electron chi connectivity index (χ4n) is 0.0643. The number of amides is 1. The molecule has 0 atom stereocenters. The second-order valence-electron chi connectivity index (χ2n) is 0.722. The van der Waals surface area contributed by atoms with E-state index >= 15 is 0 Å². The normalized spacial score (nSPS) is 5.38. The van der Waals surface area contributed by atoms with E-state index in [-0.39, 0.29) is 5.91 Å². The van der Waals surface area contributed by atoms with E-state index in [0.717, 1.165) is 0 Å². The lowest BCUT2D eigenvalue weighted by atomic mass is 10.8. The van der Waals surface area contributed by atoms with E-state index in [4.69, 9.17) is 0 Å². The smallest absolute Gasteiger partial charge is 0.251 e. The molecule has 0 unspecified atom stereocenters. The predicted molar refractivity (Wildman–Crippen MR) is 37.1 cm³/mol. The summed E-state index contributed by atoms with van der Waals surface area (Å²) >= 11 is 4.09. The molecule has 0 saturated heterocycles. The standard InChI is InChI=1S/C3H3NOS.C2H6/c1-3(5)4-2-6;1-2/h1H3;1-2H3. The molecule has 0 aromatic rings. The zero-order valence-electron chi connectivity index (χ0n) is 5.26. The highest BCUT2D eigenvalue weighted by molar-refractivity contribution is 7.78. The number of hydrogen-bond donors (Lipinski definition) is 0. The maximum atomic E-state index is 9.75. The van der Waals surface area contributed by atoms with Crippen molar-refractivity contribution in [1.82, 2.24) is 0 Å². The lowest BCUT2D eigenvalue weighted by Crippen LogP contribution is -1.76. The molecule has 2 nitrogen and oxygen atoms in total. The first kappa shape index (κ1) is 10.5. The van der Waals surface area contributed by atoms with Crippen LogP contribution in [0.25, 0.3) is 0 Å². The number of thiocarbonyl (C=S) groups is 1. The Hall–Kier alpha value is -0.530. The monoisotopic (exact) mass is 131 g/mol. The largest absolute Gasteiger partial charge is 0.272 e. The Bertz CT molecular complexity index is 105. The molecule has 0 bridgehead atoms. The molecule has 0 aliphatic heterocycles. The first-order valence-electron chi connectivity index (χ1n) is 2.36. The maximum absolute atomic E-state index is 9.75. The topological polar surface area (TPSA) is 29.4 Å². The maximum Gasteiger partial charge on any atom is 0.251 e. The van der Waals surface area contributed by atoms with Crippen LogP contribution in [-0.4, -0.2) is 11.1 Å². The first-order chi connectivity index (χ1) is 3.77. The summed E-state index contributed by atoms with van der Waals surface area (Å²) in [6.45, 7) is 5.32. The van der Waals surface area contributed by atoms with Crippen LogP contribution in [-0.2, 0) is 4.79 Å². The van der Waals surface area contributed by atoms with E-state index < -0.39 is 0 Å². The van der Waals surface area contributed by atoms with E-state index in [1.807, 2.05) is 19.0 Å². The lowest BCUT2D eigenvalue weighted by molar-refractivity contribution is -0.115. The minimum absolute atomic E-state index is 0.301. The lowest BCUT2D eigenvalue weighted by Gasteiger charge is -1.63. The summed E-state index contributed by atoms with van der Waals surface area (Å²) in [4.78, 5) is 12.8. The van der Waals surface area contributed by atoms with Gasteiger partial charge < -0.3 is 0 Å². The summed E-state index contributed by atoms with van der Waals surface area (Å²) < 4.78 is 0. The van der Waals surface area contributed by atoms with Crippen molar-refractivity contribution in [1.29, 1.82) is 0 Å². The second-order valence-corrected chi connectivity index (χ2v) is 0.905. The van der Waals surface area contributed by atoms with Gasteiger partial charge in [-0.05, 0) is 12.2 Å². The number of isothiocyanates is 1. The molecule has 0 rings (SSSR count). The van der Waals surface area contributed by atoms with Crippen LogP contribution in [0.15, 0.2) is 4.99 Å². The number of aliphatic imine (C=N–C) groups is 1. The zero-order chi connectivity index (χ0) is 6.99. The predicted octanol–water partition coefficient (Wildman–Crippen LogP) is 1.66. The van der Waals surface area contributed by atoms with Crippen LogP contribution in [0.4, 0.5) is 0 Å². The quantitative estimate of drug-likeness (QED) is 0.369. The van der Waals surface area contributed by atoms with Crippen molar-refractivity contribution < 1.29 is 4.79 Å². The fraction of sp³-hybridized carbons (Fsp3) is 0.600. The average Bonchev–Trinajstić information content (AvgIpc) is 1.72. The summed E-state index contributed by atoms with van der Waals surface area (Å²) in [5.74, 6) is -0.301. The van der Waals surface area contributed by atoms with Crippen LogP contribution in [0.5, 0.6) is 0 Å². The van der Waals surface area contributed by atoms with E-state index in [2.05, 4.69) is 17.2 Å². The summed E-state index contributed by atoms with van der Waals surface area (Å²) in [6.07, 6.45) is 0. The molecule has 0 saturated carbocycles. The molecule has 0 N–H and O–H groups in total. The highest BCUT2D eigenvalue weighted by Crippen LogP contribution is 1.62. The minimum Gasteiger partial charge on any atom is -0.272 e. The van der Waals surface area contributed by atoms with Crippen LogP contribution >= 0.6 is 12.2 Å². The van der Waals surface area contributed by atoms with Gasteiger partial charge in [-0.3, -0.25) is 4.79 Å². The van der Waals surface area contributed by atoms with Gasteiger partial charge in [0.25, 0.3) is 5.91 Å². The third-order valence-corrected chi connectivity index (χ3v) is 0.294. The fourth-order valence-corrected chi connectivity index (χ4v) is 0.193. The summed E-state index contributed by atoms with van der Waals surface area (Å²) in [5.41, 5.74) is 0. The van der Waals surface area contributed by atoms with Crippen LogP contribution < -0.4 is 0 Å². The Kier molecular flexibility index (Phi) is 12.7. The molecule has 0 aliphatic carbocycles. The van der Waals surface area contributed by atoms with Gasteiger partial charge >= 0.3 is 0 Å². The Balaban J connectivity index is 0. The van der Waals surface area contributed by atoms with Crippen molar-refractivity contribution in [2.45, 2.75) is 20.8 Å². The van der Waals surface area contributed by atoms with E-state index in [1.165, 1.54) is 6.92 Å². The van der Waals surface area contributed by atoms with Crippen molar-refractivity contribution in [2.24, 2.45) is 4.99 Å². The van der Waals surface area contributed by atoms with Crippen LogP contribution in [0.1, 0.15) is 20.8 Å². The van der Waals surface area contributed by atoms with E-state index in [9.17, 15) is 4.79 Å². The van der Waals surface area contributed by atoms with E-state index in [1.54, 1.807) is 0 Å². The Morgan fingerprint density at radius 2 is 2.00 bits per heavy atom. The second kappa shape index (κ2) is 9.69. The van der Waals surface area contributed by atoms with Crippen LogP contribution in [0.3, 0.4) is 0 Å². The molecule has 0 radical (unpaired) electrons. The molecule has 8 heavy (non-hydrogen) atoms. The van der Waals surface area contributed by atoms with Gasteiger partial charge in [-0.1, -0.05) is 13.8 Å². The van der Waals surface area contributed by atoms with Crippen molar-refractivity contribution in [3.05, 3.63) is 0 Å². The van der Waals surface area contributed by atoms with Gasteiger partial charge in [-0.2, -0.15) is 4.99 Å². The average molecular weight is 131 g/mol. The first-order valence-corrected chi connectivity index (χ1v) is 2.76. The molecular weight excluding hydrogens is 122 g/mol. The number of carbonyl (C=O) groups excluding carboxylic acids is 1.